The van der Waals surface area contributed by atoms with E-state index in [1.807, 2.05) is 19.1 Å². The van der Waals surface area contributed by atoms with Crippen molar-refractivity contribution >= 4 is 40.9 Å². The first kappa shape index (κ1) is 28.8. The Balaban J connectivity index is 0.000000336. The van der Waals surface area contributed by atoms with Crippen molar-refractivity contribution in [2.45, 2.75) is 38.8 Å². The lowest BCUT2D eigenvalue weighted by Crippen LogP contribution is -2.24. The first-order valence-corrected chi connectivity index (χ1v) is 11.4. The largest absolute Gasteiger partial charge is 0.473 e. The van der Waals surface area contributed by atoms with E-state index in [1.165, 1.54) is 19.4 Å². The molecule has 37 heavy (non-hydrogen) atoms. The second-order valence-electron chi connectivity index (χ2n) is 8.32. The lowest BCUT2D eigenvalue weighted by atomic mass is 10.1. The summed E-state index contributed by atoms with van der Waals surface area (Å²) in [6.07, 6.45) is 3.57. The number of nitrogens with one attached hydrogen (secondary N) is 1. The maximum atomic E-state index is 9.10. The zero-order valence-corrected chi connectivity index (χ0v) is 20.5. The fourth-order valence-electron chi connectivity index (χ4n) is 3.64. The van der Waals surface area contributed by atoms with Gasteiger partial charge in [-0.15, -0.1) is 0 Å². The number of carbonyl (C=O) groups is 4. The molecule has 0 bridgehead atoms. The molecule has 4 rings (SSSR count). The molecule has 2 aromatic heterocycles. The van der Waals surface area contributed by atoms with E-state index < -0.39 is 23.9 Å². The molecule has 200 valence electrons. The monoisotopic (exact) mass is 518 g/mol. The summed E-state index contributed by atoms with van der Waals surface area (Å²) in [5, 5.41) is 33.3. The van der Waals surface area contributed by atoms with Crippen molar-refractivity contribution in [2.75, 3.05) is 25.5 Å². The third-order valence-corrected chi connectivity index (χ3v) is 5.42. The van der Waals surface area contributed by atoms with E-state index in [9.17, 15) is 0 Å². The van der Waals surface area contributed by atoms with Crippen molar-refractivity contribution in [1.29, 1.82) is 0 Å². The summed E-state index contributed by atoms with van der Waals surface area (Å²) in [6, 6.07) is 12.9. The summed E-state index contributed by atoms with van der Waals surface area (Å²) >= 11 is 0. The van der Waals surface area contributed by atoms with Crippen molar-refractivity contribution in [1.82, 2.24) is 14.5 Å². The molecule has 0 radical (unpaired) electrons. The van der Waals surface area contributed by atoms with Gasteiger partial charge in [0.25, 0.3) is 0 Å². The number of aryl methyl sites for hydroxylation is 1. The Morgan fingerprint density at radius 3 is 2.14 bits per heavy atom. The number of para-hydroxylation sites is 2. The molecule has 1 aromatic carbocycles. The van der Waals surface area contributed by atoms with Gasteiger partial charge in [0.1, 0.15) is 11.5 Å². The van der Waals surface area contributed by atoms with Gasteiger partial charge in [-0.3, -0.25) is 0 Å². The smallest absolute Gasteiger partial charge is 0.414 e. The molecule has 1 unspecified atom stereocenters. The van der Waals surface area contributed by atoms with Gasteiger partial charge in [0.2, 0.25) is 5.95 Å². The van der Waals surface area contributed by atoms with E-state index in [1.54, 1.807) is 0 Å². The molecule has 1 atom stereocenters. The second-order valence-corrected chi connectivity index (χ2v) is 8.32. The molecule has 0 aliphatic carbocycles. The van der Waals surface area contributed by atoms with Gasteiger partial charge in [0.05, 0.1) is 17.6 Å². The molecule has 13 heteroatoms. The number of hydrogen-bond acceptors (Lipinski definition) is 8. The number of carboxylic acids is 4. The molecule has 0 spiro atoms. The van der Waals surface area contributed by atoms with Crippen LogP contribution < -0.4 is 5.32 Å². The Labute approximate surface area is 211 Å². The summed E-state index contributed by atoms with van der Waals surface area (Å²) in [6.45, 7) is 5.00. The molecule has 1 aliphatic rings. The van der Waals surface area contributed by atoms with Crippen LogP contribution in [0.5, 0.6) is 0 Å². The number of imidazole rings is 1. The van der Waals surface area contributed by atoms with Gasteiger partial charge in [-0.1, -0.05) is 12.1 Å². The fraction of sp³-hybridized carbons (Fsp3) is 0.375. The van der Waals surface area contributed by atoms with Gasteiger partial charge < -0.3 is 39.6 Å². The van der Waals surface area contributed by atoms with Crippen LogP contribution in [0.3, 0.4) is 0 Å². The van der Waals surface area contributed by atoms with Gasteiger partial charge in [0, 0.05) is 6.04 Å². The van der Waals surface area contributed by atoms with Gasteiger partial charge in [-0.2, -0.15) is 0 Å². The highest BCUT2D eigenvalue weighted by atomic mass is 16.4. The predicted octanol–water partition coefficient (Wildman–Crippen LogP) is 2.19. The average molecular weight is 519 g/mol. The number of nitrogens with zero attached hydrogens (tertiary/aromatic N) is 3. The first-order valence-electron chi connectivity index (χ1n) is 11.4. The third-order valence-electron chi connectivity index (χ3n) is 5.42. The molecule has 3 aromatic rings. The zero-order chi connectivity index (χ0) is 27.5. The predicted molar refractivity (Wildman–Crippen MR) is 132 cm³/mol. The van der Waals surface area contributed by atoms with Crippen LogP contribution >= 0.6 is 0 Å². The summed E-state index contributed by atoms with van der Waals surface area (Å²) in [5.41, 5.74) is 2.17. The van der Waals surface area contributed by atoms with Gasteiger partial charge >= 0.3 is 23.9 Å². The van der Waals surface area contributed by atoms with Crippen LogP contribution in [0.2, 0.25) is 0 Å². The Hall–Kier alpha value is -4.39. The maximum Gasteiger partial charge on any atom is 0.414 e. The van der Waals surface area contributed by atoms with E-state index >= 15 is 0 Å². The molecule has 1 saturated heterocycles. The van der Waals surface area contributed by atoms with Gasteiger partial charge in [-0.05, 0) is 70.6 Å². The second kappa shape index (κ2) is 13.6. The molecule has 13 nitrogen and oxygen atoms in total. The molecule has 0 amide bonds. The molecule has 3 heterocycles. The molecule has 5 N–H and O–H groups in total. The van der Waals surface area contributed by atoms with Gasteiger partial charge in [0.15, 0.2) is 0 Å². The summed E-state index contributed by atoms with van der Waals surface area (Å²) in [4.78, 5) is 43.7. The minimum absolute atomic E-state index is 0.471. The number of aromatic nitrogens is 2. The summed E-state index contributed by atoms with van der Waals surface area (Å²) in [5.74, 6) is -4.44. The normalized spacial score (nSPS) is 15.4. The van der Waals surface area contributed by atoms with Crippen molar-refractivity contribution < 1.29 is 44.0 Å². The number of likely N-dealkylation sites (tertiary alicyclic amines) is 1. The van der Waals surface area contributed by atoms with Crippen molar-refractivity contribution in [2.24, 2.45) is 0 Å². The Bertz CT molecular complexity index is 1190. The molecule has 1 aliphatic heterocycles. The summed E-state index contributed by atoms with van der Waals surface area (Å²) in [7, 11) is 2.21. The standard InChI is InChI=1S/C20H26N4O.2C2H2O4/c1-15-9-10-17(25-15)14-24-19-8-4-3-7-18(19)22-20(24)21-16-6-5-12-23(2)13-11-16;2*3-1(4)2(5)6/h3-4,7-10,16H,5-6,11-14H2,1-2H3,(H,21,22);2*(H,3,4)(H,5,6). The van der Waals surface area contributed by atoms with E-state index in [0.29, 0.717) is 12.6 Å². The first-order chi connectivity index (χ1) is 17.5. The lowest BCUT2D eigenvalue weighted by Gasteiger charge is -2.18. The molecule has 0 saturated carbocycles. The fourth-order valence-corrected chi connectivity index (χ4v) is 3.64. The third kappa shape index (κ3) is 9.29. The van der Waals surface area contributed by atoms with Crippen LogP contribution in [0.25, 0.3) is 11.0 Å². The Morgan fingerprint density at radius 1 is 0.946 bits per heavy atom. The van der Waals surface area contributed by atoms with Crippen molar-refractivity contribution in [3.05, 3.63) is 47.9 Å². The van der Waals surface area contributed by atoms with Crippen LogP contribution in [-0.4, -0.2) is 84.9 Å². The highest BCUT2D eigenvalue weighted by Crippen LogP contribution is 2.24. The van der Waals surface area contributed by atoms with Crippen LogP contribution in [0.15, 0.2) is 40.8 Å². The van der Waals surface area contributed by atoms with E-state index in [2.05, 4.69) is 46.1 Å². The zero-order valence-electron chi connectivity index (χ0n) is 20.5. The average Bonchev–Trinajstić information content (AvgIpc) is 3.33. The van der Waals surface area contributed by atoms with Crippen LogP contribution in [0, 0.1) is 6.92 Å². The number of fused-ring (bicyclic) bond motifs is 1. The van der Waals surface area contributed by atoms with E-state index in [4.69, 9.17) is 49.0 Å². The molecular weight excluding hydrogens is 488 g/mol. The number of benzene rings is 1. The number of anilines is 1. The SMILES string of the molecule is Cc1ccc(Cn2c(NC3CCCN(C)CC3)nc3ccccc32)o1.O=C(O)C(=O)O.O=C(O)C(=O)O. The number of aliphatic carboxylic acids is 4. The Morgan fingerprint density at radius 2 is 1.57 bits per heavy atom. The number of carboxylic acid groups (broad SMARTS) is 4. The Kier molecular flexibility index (Phi) is 10.6. The highest BCUT2D eigenvalue weighted by Gasteiger charge is 2.19. The minimum Gasteiger partial charge on any atom is -0.473 e. The minimum atomic E-state index is -1.82. The summed E-state index contributed by atoms with van der Waals surface area (Å²) < 4.78 is 8.04. The number of hydrogen-bond donors (Lipinski definition) is 5. The maximum absolute atomic E-state index is 9.10. The lowest BCUT2D eigenvalue weighted by molar-refractivity contribution is -0.159. The van der Waals surface area contributed by atoms with Crippen LogP contribution in [-0.2, 0) is 25.7 Å². The van der Waals surface area contributed by atoms with Crippen LogP contribution in [0.1, 0.15) is 30.8 Å². The van der Waals surface area contributed by atoms with E-state index in [0.717, 1.165) is 41.5 Å². The molecule has 1 fully saturated rings. The number of rotatable bonds is 4. The van der Waals surface area contributed by atoms with E-state index in [-0.39, 0.29) is 0 Å². The van der Waals surface area contributed by atoms with Crippen molar-refractivity contribution in [3.8, 4) is 0 Å². The number of furan rings is 1. The van der Waals surface area contributed by atoms with Crippen molar-refractivity contribution in [3.63, 3.8) is 0 Å². The van der Waals surface area contributed by atoms with Gasteiger partial charge in [-0.25, -0.2) is 24.2 Å². The highest BCUT2D eigenvalue weighted by molar-refractivity contribution is 6.27. The molecular formula is C24H30N4O9. The topological polar surface area (TPSA) is 195 Å². The quantitative estimate of drug-likeness (QED) is 0.316. The van der Waals surface area contributed by atoms with Crippen LogP contribution in [0.4, 0.5) is 5.95 Å².